The van der Waals surface area contributed by atoms with Crippen LogP contribution in [0.4, 0.5) is 8.78 Å². The van der Waals surface area contributed by atoms with Crippen LogP contribution >= 0.6 is 0 Å². The van der Waals surface area contributed by atoms with Crippen LogP contribution in [0.2, 0.25) is 0 Å². The molecule has 3 aliphatic rings. The minimum Gasteiger partial charge on any atom is -0.501 e. The monoisotopic (exact) mass is 388 g/mol. The first-order valence-electron chi connectivity index (χ1n) is 9.18. The highest BCUT2D eigenvalue weighted by atomic mass is 19.1. The maximum absolute atomic E-state index is 14.8. The quantitative estimate of drug-likeness (QED) is 0.846. The molecule has 2 bridgehead atoms. The number of halogens is 2. The molecule has 8 heteroatoms. The van der Waals surface area contributed by atoms with E-state index in [1.54, 1.807) is 13.0 Å². The molecule has 147 valence electrons. The van der Waals surface area contributed by atoms with Gasteiger partial charge in [-0.3, -0.25) is 14.2 Å². The van der Waals surface area contributed by atoms with Crippen molar-refractivity contribution in [3.63, 3.8) is 0 Å². The Balaban J connectivity index is 1.62. The van der Waals surface area contributed by atoms with Crippen LogP contribution in [0.25, 0.3) is 0 Å². The van der Waals surface area contributed by atoms with Crippen LogP contribution in [-0.4, -0.2) is 26.2 Å². The zero-order valence-corrected chi connectivity index (χ0v) is 15.4. The van der Waals surface area contributed by atoms with Gasteiger partial charge in [-0.25, -0.2) is 13.8 Å². The number of hydrogen-bond acceptors (Lipinski definition) is 4. The van der Waals surface area contributed by atoms with Crippen LogP contribution in [0.3, 0.4) is 0 Å². The normalized spacial score (nSPS) is 17.8. The standard InChI is InChI=1S/C20H20F2N3O3/c1-11-8-12(2-3-14(11)21)9-23-18(27)15-16(26)19(28)25-10-20(22)6-4-13(5-7-20)17(25)24-15/h2-3,8,26H,4-7,9-10H2,1H3,(H,23,27). The van der Waals surface area contributed by atoms with Gasteiger partial charge in [0.05, 0.1) is 6.54 Å². The van der Waals surface area contributed by atoms with Crippen LogP contribution < -0.4 is 10.9 Å². The molecule has 1 aromatic carbocycles. The summed E-state index contributed by atoms with van der Waals surface area (Å²) in [7, 11) is 0. The van der Waals surface area contributed by atoms with Gasteiger partial charge in [0.15, 0.2) is 5.69 Å². The fourth-order valence-corrected chi connectivity index (χ4v) is 3.87. The Bertz CT molecular complexity index is 1010. The summed E-state index contributed by atoms with van der Waals surface area (Å²) < 4.78 is 29.3. The molecule has 2 N–H and O–H groups in total. The first-order valence-corrected chi connectivity index (χ1v) is 9.18. The molecule has 1 amide bonds. The van der Waals surface area contributed by atoms with Crippen molar-refractivity contribution in [2.75, 3.05) is 0 Å². The van der Waals surface area contributed by atoms with Gasteiger partial charge >= 0.3 is 0 Å². The van der Waals surface area contributed by atoms with Crippen LogP contribution in [0.1, 0.15) is 53.1 Å². The van der Waals surface area contributed by atoms with Gasteiger partial charge in [0.2, 0.25) is 5.75 Å². The number of aromatic hydroxyl groups is 1. The van der Waals surface area contributed by atoms with Crippen molar-refractivity contribution in [1.29, 1.82) is 0 Å². The van der Waals surface area contributed by atoms with Gasteiger partial charge in [-0.1, -0.05) is 12.1 Å². The molecule has 6 nitrogen and oxygen atoms in total. The van der Waals surface area contributed by atoms with E-state index in [2.05, 4.69) is 10.3 Å². The molecule has 0 spiro atoms. The van der Waals surface area contributed by atoms with Gasteiger partial charge in [-0.15, -0.1) is 0 Å². The summed E-state index contributed by atoms with van der Waals surface area (Å²) in [6.45, 7) is 1.54. The fourth-order valence-electron chi connectivity index (χ4n) is 3.87. The molecule has 0 unspecified atom stereocenters. The Hall–Kier alpha value is -2.77. The first kappa shape index (κ1) is 18.6. The van der Waals surface area contributed by atoms with Crippen LogP contribution in [-0.2, 0) is 13.1 Å². The van der Waals surface area contributed by atoms with Gasteiger partial charge in [0, 0.05) is 12.5 Å². The molecule has 28 heavy (non-hydrogen) atoms. The van der Waals surface area contributed by atoms with Crippen LogP contribution in [0, 0.1) is 18.7 Å². The number of amides is 1. The molecule has 2 aromatic rings. The van der Waals surface area contributed by atoms with E-state index >= 15 is 0 Å². The van der Waals surface area contributed by atoms with Gasteiger partial charge in [0.1, 0.15) is 17.3 Å². The number of benzene rings is 1. The van der Waals surface area contributed by atoms with E-state index in [-0.39, 0.29) is 30.4 Å². The third-order valence-electron chi connectivity index (χ3n) is 5.54. The minimum absolute atomic E-state index is 0.0870. The lowest BCUT2D eigenvalue weighted by atomic mass is 9.81. The molecule has 1 saturated carbocycles. The third-order valence-corrected chi connectivity index (χ3v) is 5.54. The molecular weight excluding hydrogens is 368 g/mol. The van der Waals surface area contributed by atoms with Crippen LogP contribution in [0.5, 0.6) is 5.75 Å². The molecular formula is C20H20F2N3O3. The molecule has 1 fully saturated rings. The number of aromatic nitrogens is 2. The van der Waals surface area contributed by atoms with E-state index in [1.807, 2.05) is 0 Å². The number of fused-ring (bicyclic) bond motifs is 2. The number of rotatable bonds is 3. The van der Waals surface area contributed by atoms with Crippen molar-refractivity contribution in [1.82, 2.24) is 14.9 Å². The highest BCUT2D eigenvalue weighted by Gasteiger charge is 2.43. The third kappa shape index (κ3) is 3.16. The summed E-state index contributed by atoms with van der Waals surface area (Å²) in [4.78, 5) is 29.3. The molecule has 0 atom stereocenters. The number of alkyl halides is 1. The van der Waals surface area contributed by atoms with E-state index in [0.717, 1.165) is 10.5 Å². The average molecular weight is 388 g/mol. The topological polar surface area (TPSA) is 84.2 Å². The Labute approximate surface area is 160 Å². The second-order valence-electron chi connectivity index (χ2n) is 7.54. The molecule has 5 rings (SSSR count). The van der Waals surface area contributed by atoms with E-state index in [1.165, 1.54) is 12.1 Å². The van der Waals surface area contributed by atoms with Crippen molar-refractivity contribution < 1.29 is 18.7 Å². The largest absolute Gasteiger partial charge is 0.501 e. The smallest absolute Gasteiger partial charge is 0.296 e. The predicted molar refractivity (Wildman–Crippen MR) is 97.1 cm³/mol. The highest BCUT2D eigenvalue weighted by molar-refractivity contribution is 5.94. The van der Waals surface area contributed by atoms with Gasteiger partial charge in [-0.2, -0.15) is 0 Å². The van der Waals surface area contributed by atoms with E-state index < -0.39 is 22.9 Å². The maximum atomic E-state index is 14.8. The lowest BCUT2D eigenvalue weighted by Gasteiger charge is -2.27. The maximum Gasteiger partial charge on any atom is 0.296 e. The molecule has 2 aliphatic heterocycles. The first-order chi connectivity index (χ1) is 13.3. The number of nitrogens with zero attached hydrogens (tertiary/aromatic N) is 2. The summed E-state index contributed by atoms with van der Waals surface area (Å²) in [5.74, 6) is -0.740. The average Bonchev–Trinajstić information content (AvgIpc) is 2.90. The number of carbonyl (C=O) groups is 1. The molecule has 1 aliphatic carbocycles. The number of nitrogens with one attached hydrogen (secondary N) is 1. The molecule has 1 aromatic heterocycles. The summed E-state index contributed by atoms with van der Waals surface area (Å²) in [5, 5.41) is 12.8. The lowest BCUT2D eigenvalue weighted by molar-refractivity contribution is 0.0941. The SMILES string of the molecule is Cc1cc(CNC(=O)c2nc3n(c(=O)c2O)CC2(F)CC[C]3CC2)ccc1F. The Morgan fingerprint density at radius 3 is 2.75 bits per heavy atom. The van der Waals surface area contributed by atoms with Crippen molar-refractivity contribution in [3.8, 4) is 5.75 Å². The van der Waals surface area contributed by atoms with Crippen molar-refractivity contribution in [3.05, 3.63) is 62.9 Å². The van der Waals surface area contributed by atoms with Crippen molar-refractivity contribution >= 4 is 5.91 Å². The van der Waals surface area contributed by atoms with Crippen molar-refractivity contribution in [2.45, 2.75) is 51.4 Å². The molecule has 1 radical (unpaired) electrons. The summed E-state index contributed by atoms with van der Waals surface area (Å²) in [5.41, 5.74) is -1.55. The second kappa shape index (κ2) is 6.68. The molecule has 3 heterocycles. The van der Waals surface area contributed by atoms with E-state index in [9.17, 15) is 23.5 Å². The lowest BCUT2D eigenvalue weighted by Crippen LogP contribution is -2.35. The number of aryl methyl sites for hydroxylation is 1. The van der Waals surface area contributed by atoms with Crippen LogP contribution in [0.15, 0.2) is 23.0 Å². The van der Waals surface area contributed by atoms with E-state index in [0.29, 0.717) is 36.8 Å². The number of carbonyl (C=O) groups excluding carboxylic acids is 1. The van der Waals surface area contributed by atoms with Gasteiger partial charge < -0.3 is 10.4 Å². The zero-order valence-electron chi connectivity index (χ0n) is 15.4. The minimum atomic E-state index is -1.49. The number of hydrogen-bond donors (Lipinski definition) is 2. The fraction of sp³-hybridized carbons (Fsp3) is 0.400. The van der Waals surface area contributed by atoms with Gasteiger partial charge in [0.25, 0.3) is 11.5 Å². The Kier molecular flexibility index (Phi) is 4.44. The Morgan fingerprint density at radius 2 is 2.07 bits per heavy atom. The summed E-state index contributed by atoms with van der Waals surface area (Å²) in [6, 6.07) is 4.45. The van der Waals surface area contributed by atoms with Gasteiger partial charge in [-0.05, 0) is 49.8 Å². The highest BCUT2D eigenvalue weighted by Crippen LogP contribution is 2.43. The second-order valence-corrected chi connectivity index (χ2v) is 7.54. The molecule has 0 saturated heterocycles. The zero-order chi connectivity index (χ0) is 20.1. The van der Waals surface area contributed by atoms with E-state index in [4.69, 9.17) is 0 Å². The predicted octanol–water partition coefficient (Wildman–Crippen LogP) is 2.54. The Morgan fingerprint density at radius 1 is 1.36 bits per heavy atom. The summed E-state index contributed by atoms with van der Waals surface area (Å²) in [6.07, 6.45) is 1.56. The van der Waals surface area contributed by atoms with Crippen molar-refractivity contribution in [2.24, 2.45) is 0 Å². The summed E-state index contributed by atoms with van der Waals surface area (Å²) >= 11 is 0.